The summed E-state index contributed by atoms with van der Waals surface area (Å²) >= 11 is 0. The lowest BCUT2D eigenvalue weighted by Crippen LogP contribution is -2.28. The van der Waals surface area contributed by atoms with Gasteiger partial charge in [0.05, 0.1) is 12.2 Å². The third kappa shape index (κ3) is 4.36. The number of ether oxygens (including phenoxy) is 1. The van der Waals surface area contributed by atoms with Gasteiger partial charge in [0.2, 0.25) is 0 Å². The predicted octanol–water partition coefficient (Wildman–Crippen LogP) is 2.67. The summed E-state index contributed by atoms with van der Waals surface area (Å²) in [6.45, 7) is 6.00. The average molecular weight is 238 g/mol. The van der Waals surface area contributed by atoms with Crippen molar-refractivity contribution in [2.45, 2.75) is 45.3 Å². The van der Waals surface area contributed by atoms with Gasteiger partial charge in [0, 0.05) is 0 Å². The molecule has 0 aromatic heterocycles. The molecule has 17 heavy (non-hydrogen) atoms. The number of aliphatic hydroxyl groups excluding tert-OH is 1. The van der Waals surface area contributed by atoms with Crippen molar-refractivity contribution >= 4 is 0 Å². The van der Waals surface area contributed by atoms with Crippen molar-refractivity contribution in [1.82, 2.24) is 0 Å². The molecule has 0 aliphatic rings. The van der Waals surface area contributed by atoms with E-state index in [9.17, 15) is 10.2 Å². The van der Waals surface area contributed by atoms with Crippen molar-refractivity contribution in [1.29, 1.82) is 0 Å². The van der Waals surface area contributed by atoms with E-state index in [0.29, 0.717) is 12.2 Å². The SMILES string of the molecule is CCCCOc1ccc(C(O)C(C)(C)O)cc1. The molecule has 3 nitrogen and oxygen atoms in total. The van der Waals surface area contributed by atoms with E-state index in [2.05, 4.69) is 6.92 Å². The van der Waals surface area contributed by atoms with Crippen molar-refractivity contribution in [3.05, 3.63) is 29.8 Å². The van der Waals surface area contributed by atoms with Crippen LogP contribution in [-0.4, -0.2) is 22.4 Å². The van der Waals surface area contributed by atoms with Gasteiger partial charge in [0.15, 0.2) is 0 Å². The van der Waals surface area contributed by atoms with Crippen LogP contribution in [0.3, 0.4) is 0 Å². The molecule has 0 fully saturated rings. The number of rotatable bonds is 6. The van der Waals surface area contributed by atoms with Crippen molar-refractivity contribution < 1.29 is 14.9 Å². The van der Waals surface area contributed by atoms with E-state index in [0.717, 1.165) is 18.6 Å². The third-order valence-electron chi connectivity index (χ3n) is 2.63. The van der Waals surface area contributed by atoms with E-state index >= 15 is 0 Å². The molecule has 0 bridgehead atoms. The summed E-state index contributed by atoms with van der Waals surface area (Å²) in [6, 6.07) is 7.20. The lowest BCUT2D eigenvalue weighted by atomic mass is 9.95. The van der Waals surface area contributed by atoms with Crippen LogP contribution in [0.4, 0.5) is 0 Å². The van der Waals surface area contributed by atoms with Gasteiger partial charge in [0.25, 0.3) is 0 Å². The van der Waals surface area contributed by atoms with Crippen LogP contribution in [-0.2, 0) is 0 Å². The second kappa shape index (κ2) is 6.03. The van der Waals surface area contributed by atoms with Crippen LogP contribution in [0.2, 0.25) is 0 Å². The van der Waals surface area contributed by atoms with Crippen LogP contribution >= 0.6 is 0 Å². The Morgan fingerprint density at radius 2 is 1.82 bits per heavy atom. The summed E-state index contributed by atoms with van der Waals surface area (Å²) in [7, 11) is 0. The largest absolute Gasteiger partial charge is 0.494 e. The summed E-state index contributed by atoms with van der Waals surface area (Å²) in [6.07, 6.45) is 1.26. The fourth-order valence-electron chi connectivity index (χ4n) is 1.49. The Morgan fingerprint density at radius 3 is 2.29 bits per heavy atom. The molecule has 3 heteroatoms. The standard InChI is InChI=1S/C14H22O3/c1-4-5-10-17-12-8-6-11(7-9-12)13(15)14(2,3)16/h6-9,13,15-16H,4-5,10H2,1-3H3. The second-order valence-electron chi connectivity index (χ2n) is 4.83. The maximum atomic E-state index is 9.87. The van der Waals surface area contributed by atoms with Gasteiger partial charge >= 0.3 is 0 Å². The molecule has 0 aliphatic heterocycles. The first-order valence-corrected chi connectivity index (χ1v) is 6.08. The molecule has 1 rings (SSSR count). The molecule has 96 valence electrons. The summed E-state index contributed by atoms with van der Waals surface area (Å²) in [5, 5.41) is 19.6. The minimum Gasteiger partial charge on any atom is -0.494 e. The summed E-state index contributed by atoms with van der Waals surface area (Å²) in [5.41, 5.74) is -0.440. The Balaban J connectivity index is 2.61. The molecule has 0 spiro atoms. The van der Waals surface area contributed by atoms with Crippen molar-refractivity contribution in [3.8, 4) is 5.75 Å². The first-order chi connectivity index (χ1) is 7.95. The van der Waals surface area contributed by atoms with Gasteiger partial charge in [-0.25, -0.2) is 0 Å². The van der Waals surface area contributed by atoms with Crippen molar-refractivity contribution in [2.24, 2.45) is 0 Å². The smallest absolute Gasteiger partial charge is 0.119 e. The maximum Gasteiger partial charge on any atom is 0.119 e. The fourth-order valence-corrected chi connectivity index (χ4v) is 1.49. The summed E-state index contributed by atoms with van der Waals surface area (Å²) in [5.74, 6) is 0.796. The van der Waals surface area contributed by atoms with Crippen LogP contribution in [0, 0.1) is 0 Å². The molecule has 0 aliphatic carbocycles. The molecule has 0 heterocycles. The minimum atomic E-state index is -1.13. The number of unbranched alkanes of at least 4 members (excludes halogenated alkanes) is 1. The molecule has 1 atom stereocenters. The number of hydrogen-bond acceptors (Lipinski definition) is 3. The summed E-state index contributed by atoms with van der Waals surface area (Å²) in [4.78, 5) is 0. The van der Waals surface area contributed by atoms with Gasteiger partial charge in [-0.15, -0.1) is 0 Å². The molecular weight excluding hydrogens is 216 g/mol. The minimum absolute atomic E-state index is 0.695. The summed E-state index contributed by atoms with van der Waals surface area (Å²) < 4.78 is 5.52. The van der Waals surface area contributed by atoms with Crippen LogP contribution in [0.5, 0.6) is 5.75 Å². The highest BCUT2D eigenvalue weighted by Gasteiger charge is 2.25. The molecule has 0 saturated carbocycles. The zero-order valence-electron chi connectivity index (χ0n) is 10.8. The van der Waals surface area contributed by atoms with E-state index in [4.69, 9.17) is 4.74 Å². The van der Waals surface area contributed by atoms with Gasteiger partial charge in [0.1, 0.15) is 11.9 Å². The zero-order chi connectivity index (χ0) is 12.9. The Kier molecular flexibility index (Phi) is 4.97. The molecular formula is C14H22O3. The zero-order valence-corrected chi connectivity index (χ0v) is 10.8. The first kappa shape index (κ1) is 14.0. The normalized spacial score (nSPS) is 13.5. The van der Waals surface area contributed by atoms with Gasteiger partial charge < -0.3 is 14.9 Å². The van der Waals surface area contributed by atoms with E-state index in [1.54, 1.807) is 26.0 Å². The molecule has 1 aromatic rings. The van der Waals surface area contributed by atoms with E-state index < -0.39 is 11.7 Å². The van der Waals surface area contributed by atoms with Crippen LogP contribution in [0.15, 0.2) is 24.3 Å². The molecule has 1 unspecified atom stereocenters. The van der Waals surface area contributed by atoms with Crippen LogP contribution in [0.25, 0.3) is 0 Å². The Bertz CT molecular complexity index is 324. The molecule has 0 amide bonds. The third-order valence-corrected chi connectivity index (χ3v) is 2.63. The lowest BCUT2D eigenvalue weighted by Gasteiger charge is -2.24. The Labute approximate surface area is 103 Å². The van der Waals surface area contributed by atoms with Crippen molar-refractivity contribution in [2.75, 3.05) is 6.61 Å². The van der Waals surface area contributed by atoms with E-state index in [-0.39, 0.29) is 0 Å². The monoisotopic (exact) mass is 238 g/mol. The number of aliphatic hydroxyl groups is 2. The quantitative estimate of drug-likeness (QED) is 0.749. The fraction of sp³-hybridized carbons (Fsp3) is 0.571. The molecule has 2 N–H and O–H groups in total. The molecule has 1 aromatic carbocycles. The molecule has 0 radical (unpaired) electrons. The van der Waals surface area contributed by atoms with Crippen molar-refractivity contribution in [3.63, 3.8) is 0 Å². The van der Waals surface area contributed by atoms with Gasteiger partial charge in [-0.2, -0.15) is 0 Å². The topological polar surface area (TPSA) is 49.7 Å². The number of hydrogen-bond donors (Lipinski definition) is 2. The van der Waals surface area contributed by atoms with E-state index in [1.807, 2.05) is 12.1 Å². The Morgan fingerprint density at radius 1 is 1.24 bits per heavy atom. The number of benzene rings is 1. The first-order valence-electron chi connectivity index (χ1n) is 6.08. The average Bonchev–Trinajstić information content (AvgIpc) is 2.28. The van der Waals surface area contributed by atoms with Crippen LogP contribution < -0.4 is 4.74 Å². The predicted molar refractivity (Wildman–Crippen MR) is 68.1 cm³/mol. The van der Waals surface area contributed by atoms with Crippen LogP contribution in [0.1, 0.15) is 45.3 Å². The Hall–Kier alpha value is -1.06. The van der Waals surface area contributed by atoms with Gasteiger partial charge in [-0.1, -0.05) is 25.5 Å². The highest BCUT2D eigenvalue weighted by atomic mass is 16.5. The van der Waals surface area contributed by atoms with E-state index in [1.165, 1.54) is 0 Å². The maximum absolute atomic E-state index is 9.87. The lowest BCUT2D eigenvalue weighted by molar-refractivity contribution is -0.0497. The van der Waals surface area contributed by atoms with Gasteiger partial charge in [-0.3, -0.25) is 0 Å². The molecule has 0 saturated heterocycles. The second-order valence-corrected chi connectivity index (χ2v) is 4.83. The van der Waals surface area contributed by atoms with Gasteiger partial charge in [-0.05, 0) is 38.0 Å². The highest BCUT2D eigenvalue weighted by Crippen LogP contribution is 2.26. The highest BCUT2D eigenvalue weighted by molar-refractivity contribution is 5.29.